The molecule has 0 spiro atoms. The third-order valence-electron chi connectivity index (χ3n) is 6.13. The molecule has 12 heteroatoms. The summed E-state index contributed by atoms with van der Waals surface area (Å²) in [6.07, 6.45) is 5.96. The molecule has 0 bridgehead atoms. The smallest absolute Gasteiger partial charge is 0.248 e. The highest BCUT2D eigenvalue weighted by Crippen LogP contribution is 2.36. The van der Waals surface area contributed by atoms with Gasteiger partial charge in [-0.1, -0.05) is 23.7 Å². The zero-order chi connectivity index (χ0) is 29.9. The molecule has 0 atom stereocenters. The first-order valence-corrected chi connectivity index (χ1v) is 13.4. The number of rotatable bonds is 13. The van der Waals surface area contributed by atoms with Crippen molar-refractivity contribution in [3.8, 4) is 17.6 Å². The van der Waals surface area contributed by atoms with E-state index in [2.05, 4.69) is 26.7 Å². The van der Waals surface area contributed by atoms with Crippen molar-refractivity contribution in [2.45, 2.75) is 6.61 Å². The Hall–Kier alpha value is -4.73. The minimum atomic E-state index is -0.496. The van der Waals surface area contributed by atoms with E-state index in [0.717, 1.165) is 5.69 Å². The largest absolute Gasteiger partial charge is 0.506 e. The number of anilines is 3. The lowest BCUT2D eigenvalue weighted by Crippen LogP contribution is -2.30. The van der Waals surface area contributed by atoms with Crippen molar-refractivity contribution in [3.63, 3.8) is 0 Å². The first kappa shape index (κ1) is 30.2. The molecule has 0 saturated carbocycles. The van der Waals surface area contributed by atoms with Gasteiger partial charge in [0.2, 0.25) is 5.91 Å². The van der Waals surface area contributed by atoms with Gasteiger partial charge in [-0.3, -0.25) is 19.7 Å². The van der Waals surface area contributed by atoms with E-state index in [1.165, 1.54) is 24.4 Å². The molecule has 0 fully saturated rings. The number of phenols is 1. The number of benzene rings is 2. The molecule has 42 heavy (non-hydrogen) atoms. The van der Waals surface area contributed by atoms with Crippen LogP contribution in [-0.4, -0.2) is 68.9 Å². The molecule has 2 aromatic carbocycles. The van der Waals surface area contributed by atoms with Crippen molar-refractivity contribution in [2.75, 3.05) is 43.5 Å². The predicted octanol–water partition coefficient (Wildman–Crippen LogP) is 3.96. The van der Waals surface area contributed by atoms with Crippen LogP contribution < -0.4 is 15.4 Å². The third kappa shape index (κ3) is 7.93. The zero-order valence-electron chi connectivity index (χ0n) is 22.5. The summed E-state index contributed by atoms with van der Waals surface area (Å²) in [5.41, 5.74) is 2.50. The van der Waals surface area contributed by atoms with Crippen LogP contribution in [0.1, 0.15) is 11.3 Å². The zero-order valence-corrected chi connectivity index (χ0v) is 23.3. The number of fused-ring (bicyclic) bond motifs is 1. The van der Waals surface area contributed by atoms with Crippen molar-refractivity contribution in [1.82, 2.24) is 14.9 Å². The van der Waals surface area contributed by atoms with Crippen LogP contribution in [-0.2, 0) is 11.4 Å². The van der Waals surface area contributed by atoms with Gasteiger partial charge in [0, 0.05) is 55.2 Å². The third-order valence-corrected chi connectivity index (χ3v) is 6.43. The fourth-order valence-electron chi connectivity index (χ4n) is 4.08. The molecule has 11 nitrogen and oxygen atoms in total. The highest BCUT2D eigenvalue weighted by Gasteiger charge is 2.15. The molecule has 216 valence electrons. The Morgan fingerprint density at radius 1 is 1.12 bits per heavy atom. The molecule has 4 aromatic rings. The summed E-state index contributed by atoms with van der Waals surface area (Å²) in [5, 5.41) is 45.3. The number of carbonyl (C=O) groups is 1. The minimum Gasteiger partial charge on any atom is -0.506 e. The van der Waals surface area contributed by atoms with E-state index in [-0.39, 0.29) is 36.8 Å². The molecule has 1 amide bonds. The maximum absolute atomic E-state index is 12.6. The van der Waals surface area contributed by atoms with Crippen LogP contribution in [0.3, 0.4) is 0 Å². The van der Waals surface area contributed by atoms with Crippen LogP contribution in [0.2, 0.25) is 5.02 Å². The first-order chi connectivity index (χ1) is 20.4. The Kier molecular flexibility index (Phi) is 10.6. The second-order valence-electron chi connectivity index (χ2n) is 9.06. The number of aliphatic hydroxyl groups excluding tert-OH is 2. The number of aromatic hydroxyl groups is 1. The summed E-state index contributed by atoms with van der Waals surface area (Å²) in [6, 6.07) is 15.7. The molecule has 0 unspecified atom stereocenters. The number of ether oxygens (including phenoxy) is 1. The van der Waals surface area contributed by atoms with Crippen LogP contribution in [0, 0.1) is 11.3 Å². The SMILES string of the molecule is N#Cc1cnc2cc(O)c(NC(=O)/C=C/CN(CCO)CCO)cc2c1Nc1ccc(OCc2ccccn2)c(Cl)c1. The molecule has 0 aliphatic heterocycles. The van der Waals surface area contributed by atoms with E-state index < -0.39 is 5.91 Å². The van der Waals surface area contributed by atoms with Crippen molar-refractivity contribution < 1.29 is 24.9 Å². The molecular formula is C30H29ClN6O5. The summed E-state index contributed by atoms with van der Waals surface area (Å²) in [4.78, 5) is 22.8. The quantitative estimate of drug-likeness (QED) is 0.114. The Labute approximate surface area is 247 Å². The lowest BCUT2D eigenvalue weighted by Gasteiger charge is -2.17. The van der Waals surface area contributed by atoms with Crippen molar-refractivity contribution >= 4 is 45.5 Å². The number of hydrogen-bond donors (Lipinski definition) is 5. The fourth-order valence-corrected chi connectivity index (χ4v) is 4.32. The van der Waals surface area contributed by atoms with Crippen molar-refractivity contribution in [2.24, 2.45) is 0 Å². The molecule has 4 rings (SSSR count). The van der Waals surface area contributed by atoms with Crippen molar-refractivity contribution in [3.05, 3.63) is 89.4 Å². The molecule has 0 aliphatic carbocycles. The van der Waals surface area contributed by atoms with E-state index in [9.17, 15) is 15.2 Å². The predicted molar refractivity (Wildman–Crippen MR) is 160 cm³/mol. The number of amides is 1. The highest BCUT2D eigenvalue weighted by molar-refractivity contribution is 6.32. The van der Waals surface area contributed by atoms with Gasteiger partial charge in [0.1, 0.15) is 24.2 Å². The molecule has 0 radical (unpaired) electrons. The molecule has 0 saturated heterocycles. The number of nitrogens with zero attached hydrogens (tertiary/aromatic N) is 4. The molecule has 5 N–H and O–H groups in total. The van der Waals surface area contributed by atoms with Gasteiger partial charge in [-0.2, -0.15) is 5.26 Å². The first-order valence-electron chi connectivity index (χ1n) is 13.0. The van der Waals surface area contributed by atoms with Gasteiger partial charge in [-0.25, -0.2) is 0 Å². The van der Waals surface area contributed by atoms with E-state index in [1.807, 2.05) is 18.2 Å². The van der Waals surface area contributed by atoms with Gasteiger partial charge in [0.05, 0.1) is 46.4 Å². The highest BCUT2D eigenvalue weighted by atomic mass is 35.5. The summed E-state index contributed by atoms with van der Waals surface area (Å²) < 4.78 is 5.79. The molecule has 2 aromatic heterocycles. The van der Waals surface area contributed by atoms with E-state index in [1.54, 1.807) is 35.4 Å². The maximum Gasteiger partial charge on any atom is 0.248 e. The summed E-state index contributed by atoms with van der Waals surface area (Å²) in [6.45, 7) is 1.16. The number of phenolic OH excluding ortho intramolecular Hbond substituents is 1. The topological polar surface area (TPSA) is 164 Å². The number of hydrogen-bond acceptors (Lipinski definition) is 10. The van der Waals surface area contributed by atoms with Gasteiger partial charge in [0.25, 0.3) is 0 Å². The number of halogens is 1. The van der Waals surface area contributed by atoms with E-state index in [0.29, 0.717) is 52.7 Å². The van der Waals surface area contributed by atoms with Gasteiger partial charge < -0.3 is 30.7 Å². The Balaban J connectivity index is 1.54. The fraction of sp³-hybridized carbons (Fsp3) is 0.200. The van der Waals surface area contributed by atoms with E-state index >= 15 is 0 Å². The van der Waals surface area contributed by atoms with Crippen LogP contribution in [0.4, 0.5) is 17.1 Å². The Morgan fingerprint density at radius 2 is 1.93 bits per heavy atom. The summed E-state index contributed by atoms with van der Waals surface area (Å²) in [5.74, 6) is -0.233. The average molecular weight is 589 g/mol. The van der Waals surface area contributed by atoms with Gasteiger partial charge >= 0.3 is 0 Å². The Morgan fingerprint density at radius 3 is 2.62 bits per heavy atom. The Bertz CT molecular complexity index is 1600. The van der Waals surface area contributed by atoms with Gasteiger partial charge in [0.15, 0.2) is 0 Å². The van der Waals surface area contributed by atoms with Crippen LogP contribution in [0.25, 0.3) is 10.9 Å². The maximum atomic E-state index is 12.6. The lowest BCUT2D eigenvalue weighted by molar-refractivity contribution is -0.111. The van der Waals surface area contributed by atoms with Crippen LogP contribution >= 0.6 is 11.6 Å². The number of aliphatic hydroxyl groups is 2. The molecule has 0 aliphatic rings. The normalized spacial score (nSPS) is 11.1. The number of nitrogens with one attached hydrogen (secondary N) is 2. The van der Waals surface area contributed by atoms with Crippen LogP contribution in [0.5, 0.6) is 11.5 Å². The van der Waals surface area contributed by atoms with Crippen LogP contribution in [0.15, 0.2) is 73.1 Å². The number of aromatic nitrogens is 2. The molecular weight excluding hydrogens is 560 g/mol. The number of carbonyl (C=O) groups excluding carboxylic acids is 1. The summed E-state index contributed by atoms with van der Waals surface area (Å²) in [7, 11) is 0. The standard InChI is InChI=1S/C30H29ClN6O5/c31-24-14-21(6-7-28(24)42-19-22-4-1-2-8-33-22)35-30-20(17-32)18-34-25-16-27(40)26(15-23(25)30)36-29(41)5-3-9-37(10-12-38)11-13-39/h1-8,14-16,18,38-40H,9-13,19H2,(H,34,35)(H,36,41)/b5-3+. The monoisotopic (exact) mass is 588 g/mol. The second-order valence-corrected chi connectivity index (χ2v) is 9.47. The van der Waals surface area contributed by atoms with Gasteiger partial charge in [-0.15, -0.1) is 0 Å². The minimum absolute atomic E-state index is 0.0732. The number of pyridine rings is 2. The van der Waals surface area contributed by atoms with Gasteiger partial charge in [-0.05, 0) is 36.4 Å². The summed E-state index contributed by atoms with van der Waals surface area (Å²) >= 11 is 6.48. The average Bonchev–Trinajstić information content (AvgIpc) is 2.98. The molecule has 2 heterocycles. The number of nitriles is 1. The van der Waals surface area contributed by atoms with Crippen molar-refractivity contribution in [1.29, 1.82) is 5.26 Å². The lowest BCUT2D eigenvalue weighted by atomic mass is 10.1. The van der Waals surface area contributed by atoms with E-state index in [4.69, 9.17) is 26.6 Å². The second kappa shape index (κ2) is 14.8.